The Morgan fingerprint density at radius 1 is 1.16 bits per heavy atom. The molecule has 0 saturated heterocycles. The molecule has 0 aliphatic rings. The third-order valence-electron chi connectivity index (χ3n) is 2.75. The molecule has 98 valence electrons. The van der Waals surface area contributed by atoms with Gasteiger partial charge in [0.1, 0.15) is 0 Å². The predicted octanol–water partition coefficient (Wildman–Crippen LogP) is 4.14. The van der Waals surface area contributed by atoms with Crippen LogP contribution in [0.1, 0.15) is 15.9 Å². The van der Waals surface area contributed by atoms with Gasteiger partial charge >= 0.3 is 0 Å². The molecule has 0 aliphatic heterocycles. The lowest BCUT2D eigenvalue weighted by Crippen LogP contribution is -2.13. The minimum Gasteiger partial charge on any atom is -0.399 e. The van der Waals surface area contributed by atoms with E-state index in [1.54, 1.807) is 30.3 Å². The zero-order valence-corrected chi connectivity index (χ0v) is 11.7. The summed E-state index contributed by atoms with van der Waals surface area (Å²) in [6.07, 6.45) is 0. The number of hydrogen-bond acceptors (Lipinski definition) is 2. The molecule has 5 heteroatoms. The Kier molecular flexibility index (Phi) is 3.98. The SMILES string of the molecule is Cc1c(Cl)cccc1NC(=O)c1cc(N)ccc1Cl. The van der Waals surface area contributed by atoms with Crippen molar-refractivity contribution in [2.45, 2.75) is 6.92 Å². The summed E-state index contributed by atoms with van der Waals surface area (Å²) in [6.45, 7) is 1.83. The molecule has 0 spiro atoms. The van der Waals surface area contributed by atoms with Gasteiger partial charge in [-0.25, -0.2) is 0 Å². The van der Waals surface area contributed by atoms with E-state index in [-0.39, 0.29) is 5.91 Å². The number of nitrogens with one attached hydrogen (secondary N) is 1. The van der Waals surface area contributed by atoms with Crippen molar-refractivity contribution in [1.82, 2.24) is 0 Å². The van der Waals surface area contributed by atoms with E-state index in [9.17, 15) is 4.79 Å². The van der Waals surface area contributed by atoms with Crippen LogP contribution in [0.3, 0.4) is 0 Å². The highest BCUT2D eigenvalue weighted by molar-refractivity contribution is 6.34. The molecule has 2 aromatic rings. The van der Waals surface area contributed by atoms with Gasteiger partial charge in [0.25, 0.3) is 5.91 Å². The van der Waals surface area contributed by atoms with E-state index < -0.39 is 0 Å². The van der Waals surface area contributed by atoms with E-state index in [1.165, 1.54) is 6.07 Å². The Bertz CT molecular complexity index is 641. The molecular weight excluding hydrogens is 283 g/mol. The second kappa shape index (κ2) is 5.51. The first-order valence-corrected chi connectivity index (χ1v) is 6.36. The van der Waals surface area contributed by atoms with Crippen molar-refractivity contribution in [3.63, 3.8) is 0 Å². The first-order chi connectivity index (χ1) is 8.99. The number of nitrogens with two attached hydrogens (primary N) is 1. The van der Waals surface area contributed by atoms with Crippen LogP contribution in [0.15, 0.2) is 36.4 Å². The highest BCUT2D eigenvalue weighted by Gasteiger charge is 2.12. The average molecular weight is 295 g/mol. The van der Waals surface area contributed by atoms with Gasteiger partial charge in [0.2, 0.25) is 0 Å². The van der Waals surface area contributed by atoms with Gasteiger partial charge in [0, 0.05) is 16.4 Å². The third-order valence-corrected chi connectivity index (χ3v) is 3.49. The molecule has 0 unspecified atom stereocenters. The van der Waals surface area contributed by atoms with Crippen molar-refractivity contribution in [3.8, 4) is 0 Å². The van der Waals surface area contributed by atoms with E-state index >= 15 is 0 Å². The average Bonchev–Trinajstić information content (AvgIpc) is 2.38. The summed E-state index contributed by atoms with van der Waals surface area (Å²) in [5.74, 6) is -0.317. The summed E-state index contributed by atoms with van der Waals surface area (Å²) in [7, 11) is 0. The smallest absolute Gasteiger partial charge is 0.257 e. The number of benzene rings is 2. The fourth-order valence-electron chi connectivity index (χ4n) is 1.65. The Morgan fingerprint density at radius 3 is 2.63 bits per heavy atom. The fraction of sp³-hybridized carbons (Fsp3) is 0.0714. The van der Waals surface area contributed by atoms with Crippen LogP contribution >= 0.6 is 23.2 Å². The molecule has 0 saturated carbocycles. The number of rotatable bonds is 2. The van der Waals surface area contributed by atoms with Crippen LogP contribution in [0, 0.1) is 6.92 Å². The molecule has 0 bridgehead atoms. The third kappa shape index (κ3) is 3.00. The van der Waals surface area contributed by atoms with Crippen molar-refractivity contribution in [3.05, 3.63) is 57.6 Å². The van der Waals surface area contributed by atoms with E-state index in [4.69, 9.17) is 28.9 Å². The van der Waals surface area contributed by atoms with Crippen LogP contribution in [0.2, 0.25) is 10.0 Å². The predicted molar refractivity (Wildman–Crippen MR) is 80.0 cm³/mol. The maximum absolute atomic E-state index is 12.2. The van der Waals surface area contributed by atoms with Gasteiger partial charge in [-0.1, -0.05) is 29.3 Å². The Morgan fingerprint density at radius 2 is 1.89 bits per heavy atom. The van der Waals surface area contributed by atoms with Crippen LogP contribution < -0.4 is 11.1 Å². The number of halogens is 2. The number of amides is 1. The quantitative estimate of drug-likeness (QED) is 0.818. The largest absolute Gasteiger partial charge is 0.399 e. The van der Waals surface area contributed by atoms with Crippen LogP contribution in [0.5, 0.6) is 0 Å². The highest BCUT2D eigenvalue weighted by atomic mass is 35.5. The second-order valence-electron chi connectivity index (χ2n) is 4.11. The van der Waals surface area contributed by atoms with Crippen LogP contribution in [0.25, 0.3) is 0 Å². The minimum absolute atomic E-state index is 0.317. The van der Waals surface area contributed by atoms with Gasteiger partial charge < -0.3 is 11.1 Å². The standard InChI is InChI=1S/C14H12Cl2N2O/c1-8-11(15)3-2-4-13(8)18-14(19)10-7-9(17)5-6-12(10)16/h2-7H,17H2,1H3,(H,18,19). The van der Waals surface area contributed by atoms with Gasteiger partial charge in [0.15, 0.2) is 0 Å². The lowest BCUT2D eigenvalue weighted by atomic mass is 10.1. The summed E-state index contributed by atoms with van der Waals surface area (Å²) in [5.41, 5.74) is 7.92. The normalized spacial score (nSPS) is 10.3. The summed E-state index contributed by atoms with van der Waals surface area (Å²) >= 11 is 12.0. The van der Waals surface area contributed by atoms with E-state index in [2.05, 4.69) is 5.32 Å². The van der Waals surface area contributed by atoms with Crippen molar-refractivity contribution in [2.75, 3.05) is 11.1 Å². The Balaban J connectivity index is 2.31. The first-order valence-electron chi connectivity index (χ1n) is 5.60. The molecule has 0 fully saturated rings. The Hall–Kier alpha value is -1.71. The summed E-state index contributed by atoms with van der Waals surface area (Å²) < 4.78 is 0. The minimum atomic E-state index is -0.317. The number of carbonyl (C=O) groups is 1. The fourth-order valence-corrected chi connectivity index (χ4v) is 2.03. The topological polar surface area (TPSA) is 55.1 Å². The number of hydrogen-bond donors (Lipinski definition) is 2. The second-order valence-corrected chi connectivity index (χ2v) is 4.92. The molecule has 3 N–H and O–H groups in total. The summed E-state index contributed by atoms with van der Waals surface area (Å²) in [5, 5.41) is 3.72. The van der Waals surface area contributed by atoms with E-state index in [0.29, 0.717) is 27.0 Å². The van der Waals surface area contributed by atoms with E-state index in [0.717, 1.165) is 5.56 Å². The monoisotopic (exact) mass is 294 g/mol. The maximum Gasteiger partial charge on any atom is 0.257 e. The van der Waals surface area contributed by atoms with Crippen molar-refractivity contribution in [2.24, 2.45) is 0 Å². The van der Waals surface area contributed by atoms with Gasteiger partial charge in [-0.15, -0.1) is 0 Å². The zero-order chi connectivity index (χ0) is 14.0. The number of nitrogen functional groups attached to an aromatic ring is 1. The van der Waals surface area contributed by atoms with Gasteiger partial charge in [-0.3, -0.25) is 4.79 Å². The van der Waals surface area contributed by atoms with Crippen molar-refractivity contribution < 1.29 is 4.79 Å². The molecule has 1 amide bonds. The summed E-state index contributed by atoms with van der Waals surface area (Å²) in [6, 6.07) is 10.1. The molecule has 0 radical (unpaired) electrons. The van der Waals surface area contributed by atoms with Gasteiger partial charge in [-0.05, 0) is 42.8 Å². The molecule has 0 aromatic heterocycles. The Labute approximate surface area is 121 Å². The molecule has 2 rings (SSSR count). The summed E-state index contributed by atoms with van der Waals surface area (Å²) in [4.78, 5) is 12.2. The van der Waals surface area contributed by atoms with Crippen LogP contribution in [0.4, 0.5) is 11.4 Å². The van der Waals surface area contributed by atoms with Gasteiger partial charge in [-0.2, -0.15) is 0 Å². The molecule has 2 aromatic carbocycles. The molecule has 0 heterocycles. The van der Waals surface area contributed by atoms with Gasteiger partial charge in [0.05, 0.1) is 10.6 Å². The lowest BCUT2D eigenvalue weighted by molar-refractivity contribution is 0.102. The first kappa shape index (κ1) is 13.7. The molecule has 19 heavy (non-hydrogen) atoms. The van der Waals surface area contributed by atoms with Crippen LogP contribution in [-0.2, 0) is 0 Å². The highest BCUT2D eigenvalue weighted by Crippen LogP contribution is 2.25. The molecule has 0 atom stereocenters. The van der Waals surface area contributed by atoms with Crippen LogP contribution in [-0.4, -0.2) is 5.91 Å². The molecule has 0 aliphatic carbocycles. The zero-order valence-electron chi connectivity index (χ0n) is 10.2. The van der Waals surface area contributed by atoms with Crippen molar-refractivity contribution in [1.29, 1.82) is 0 Å². The van der Waals surface area contributed by atoms with Crippen molar-refractivity contribution >= 4 is 40.5 Å². The van der Waals surface area contributed by atoms with E-state index in [1.807, 2.05) is 6.92 Å². The molecule has 3 nitrogen and oxygen atoms in total. The maximum atomic E-state index is 12.2. The number of carbonyl (C=O) groups excluding carboxylic acids is 1. The molecular formula is C14H12Cl2N2O. The lowest BCUT2D eigenvalue weighted by Gasteiger charge is -2.10. The number of anilines is 2.